The quantitative estimate of drug-likeness (QED) is 0.907. The van der Waals surface area contributed by atoms with Crippen molar-refractivity contribution in [1.29, 1.82) is 0 Å². The predicted molar refractivity (Wildman–Crippen MR) is 97.2 cm³/mol. The van der Waals surface area contributed by atoms with E-state index in [9.17, 15) is 0 Å². The molecule has 3 nitrogen and oxygen atoms in total. The third-order valence-corrected chi connectivity index (χ3v) is 4.04. The van der Waals surface area contributed by atoms with E-state index in [0.717, 1.165) is 38.5 Å². The number of para-hydroxylation sites is 1. The average molecular weight is 333 g/mol. The van der Waals surface area contributed by atoms with E-state index in [4.69, 9.17) is 4.74 Å². The zero-order valence-electron chi connectivity index (χ0n) is 13.4. The van der Waals surface area contributed by atoms with Gasteiger partial charge in [0.25, 0.3) is 0 Å². The van der Waals surface area contributed by atoms with Crippen LogP contribution < -0.4 is 10.1 Å². The lowest BCUT2D eigenvalue weighted by molar-refractivity contribution is 0.266. The Kier molecular flexibility index (Phi) is 7.40. The highest BCUT2D eigenvalue weighted by Gasteiger charge is 2.11. The van der Waals surface area contributed by atoms with Gasteiger partial charge in [-0.15, -0.1) is 12.4 Å². The van der Waals surface area contributed by atoms with Crippen LogP contribution in [-0.4, -0.2) is 31.1 Å². The van der Waals surface area contributed by atoms with E-state index in [1.165, 1.54) is 17.5 Å². The van der Waals surface area contributed by atoms with Crippen molar-refractivity contribution in [1.82, 2.24) is 10.2 Å². The number of hydrogen-bond acceptors (Lipinski definition) is 3. The molecule has 0 saturated carbocycles. The minimum atomic E-state index is 0. The van der Waals surface area contributed by atoms with Crippen LogP contribution in [0.5, 0.6) is 5.75 Å². The molecule has 2 aromatic rings. The summed E-state index contributed by atoms with van der Waals surface area (Å²) in [6.07, 6.45) is 1.22. The summed E-state index contributed by atoms with van der Waals surface area (Å²) in [6, 6.07) is 18.7. The molecule has 0 spiro atoms. The summed E-state index contributed by atoms with van der Waals surface area (Å²) in [5.74, 6) is 1.00. The number of nitrogens with zero attached hydrogens (tertiary/aromatic N) is 1. The smallest absolute Gasteiger partial charge is 0.124 e. The Morgan fingerprint density at radius 2 is 1.70 bits per heavy atom. The van der Waals surface area contributed by atoms with Crippen LogP contribution in [0.1, 0.15) is 17.5 Å². The maximum atomic E-state index is 6.05. The minimum absolute atomic E-state index is 0. The molecule has 0 unspecified atom stereocenters. The van der Waals surface area contributed by atoms with E-state index in [0.29, 0.717) is 6.61 Å². The lowest BCUT2D eigenvalue weighted by Gasteiger charge is -2.21. The largest absolute Gasteiger partial charge is 0.489 e. The maximum Gasteiger partial charge on any atom is 0.124 e. The summed E-state index contributed by atoms with van der Waals surface area (Å²) in [4.78, 5) is 2.50. The Morgan fingerprint density at radius 1 is 0.913 bits per heavy atom. The molecule has 124 valence electrons. The SMILES string of the molecule is Cl.c1ccc(COc2ccccc2CN2CCCNCC2)cc1. The van der Waals surface area contributed by atoms with Crippen LogP contribution >= 0.6 is 12.4 Å². The number of hydrogen-bond donors (Lipinski definition) is 1. The Morgan fingerprint density at radius 3 is 2.57 bits per heavy atom. The standard InChI is InChI=1S/C19H24N2O.ClH/c1-2-7-17(8-3-1)16-22-19-10-5-4-9-18(19)15-21-13-6-11-20-12-14-21;/h1-5,7-10,20H,6,11-16H2;1H. The summed E-state index contributed by atoms with van der Waals surface area (Å²) in [5.41, 5.74) is 2.48. The van der Waals surface area contributed by atoms with Crippen molar-refractivity contribution in [3.63, 3.8) is 0 Å². The van der Waals surface area contributed by atoms with Gasteiger partial charge in [0.2, 0.25) is 0 Å². The average Bonchev–Trinajstić information content (AvgIpc) is 2.84. The van der Waals surface area contributed by atoms with Crippen molar-refractivity contribution in [2.75, 3.05) is 26.2 Å². The van der Waals surface area contributed by atoms with E-state index in [-0.39, 0.29) is 12.4 Å². The third-order valence-electron chi connectivity index (χ3n) is 4.04. The number of ether oxygens (including phenoxy) is 1. The van der Waals surface area contributed by atoms with Gasteiger partial charge in [-0.25, -0.2) is 0 Å². The Labute approximate surface area is 145 Å². The van der Waals surface area contributed by atoms with Crippen LogP contribution in [0.2, 0.25) is 0 Å². The number of halogens is 1. The predicted octanol–water partition coefficient (Wildman–Crippen LogP) is 3.48. The van der Waals surface area contributed by atoms with Crippen LogP contribution in [0.25, 0.3) is 0 Å². The molecule has 0 aromatic heterocycles. The van der Waals surface area contributed by atoms with Crippen LogP contribution in [-0.2, 0) is 13.2 Å². The van der Waals surface area contributed by atoms with Crippen LogP contribution in [0.4, 0.5) is 0 Å². The lowest BCUT2D eigenvalue weighted by Crippen LogP contribution is -2.27. The molecule has 1 fully saturated rings. The molecular weight excluding hydrogens is 308 g/mol. The molecule has 1 aliphatic rings. The molecule has 0 bridgehead atoms. The van der Waals surface area contributed by atoms with Gasteiger partial charge in [0.15, 0.2) is 0 Å². The van der Waals surface area contributed by atoms with Crippen molar-refractivity contribution in [2.24, 2.45) is 0 Å². The molecule has 0 amide bonds. The second-order valence-corrected chi connectivity index (χ2v) is 5.76. The van der Waals surface area contributed by atoms with Gasteiger partial charge in [-0.1, -0.05) is 48.5 Å². The van der Waals surface area contributed by atoms with Crippen molar-refractivity contribution >= 4 is 12.4 Å². The molecule has 1 aliphatic heterocycles. The van der Waals surface area contributed by atoms with Gasteiger partial charge in [-0.2, -0.15) is 0 Å². The molecule has 1 heterocycles. The molecule has 23 heavy (non-hydrogen) atoms. The first kappa shape index (κ1) is 17.8. The zero-order chi connectivity index (χ0) is 15.0. The second-order valence-electron chi connectivity index (χ2n) is 5.76. The molecule has 0 atom stereocenters. The topological polar surface area (TPSA) is 24.5 Å². The van der Waals surface area contributed by atoms with Crippen molar-refractivity contribution in [3.8, 4) is 5.75 Å². The van der Waals surface area contributed by atoms with Gasteiger partial charge in [0, 0.05) is 25.2 Å². The number of benzene rings is 2. The number of rotatable bonds is 5. The van der Waals surface area contributed by atoms with Gasteiger partial charge in [0.05, 0.1) is 0 Å². The summed E-state index contributed by atoms with van der Waals surface area (Å²) in [5, 5.41) is 3.45. The summed E-state index contributed by atoms with van der Waals surface area (Å²) < 4.78 is 6.05. The van der Waals surface area contributed by atoms with Gasteiger partial charge < -0.3 is 10.1 Å². The van der Waals surface area contributed by atoms with E-state index in [1.54, 1.807) is 0 Å². The van der Waals surface area contributed by atoms with Crippen LogP contribution in [0.15, 0.2) is 54.6 Å². The highest BCUT2D eigenvalue weighted by molar-refractivity contribution is 5.85. The Balaban J connectivity index is 0.00000192. The van der Waals surface area contributed by atoms with Crippen molar-refractivity contribution in [3.05, 3.63) is 65.7 Å². The van der Waals surface area contributed by atoms with Gasteiger partial charge in [0.1, 0.15) is 12.4 Å². The highest BCUT2D eigenvalue weighted by Crippen LogP contribution is 2.21. The van der Waals surface area contributed by atoms with Gasteiger partial charge in [-0.05, 0) is 31.1 Å². The van der Waals surface area contributed by atoms with E-state index in [2.05, 4.69) is 52.7 Å². The fourth-order valence-corrected chi connectivity index (χ4v) is 2.81. The van der Waals surface area contributed by atoms with E-state index >= 15 is 0 Å². The zero-order valence-corrected chi connectivity index (χ0v) is 14.2. The molecule has 0 radical (unpaired) electrons. The molecule has 0 aliphatic carbocycles. The highest BCUT2D eigenvalue weighted by atomic mass is 35.5. The monoisotopic (exact) mass is 332 g/mol. The maximum absolute atomic E-state index is 6.05. The van der Waals surface area contributed by atoms with Crippen LogP contribution in [0.3, 0.4) is 0 Å². The Hall–Kier alpha value is -1.55. The third kappa shape index (κ3) is 5.54. The summed E-state index contributed by atoms with van der Waals surface area (Å²) in [6.45, 7) is 6.05. The van der Waals surface area contributed by atoms with Gasteiger partial charge >= 0.3 is 0 Å². The van der Waals surface area contributed by atoms with Crippen molar-refractivity contribution in [2.45, 2.75) is 19.6 Å². The number of nitrogens with one attached hydrogen (secondary N) is 1. The molecule has 3 rings (SSSR count). The minimum Gasteiger partial charge on any atom is -0.489 e. The molecule has 1 N–H and O–H groups in total. The van der Waals surface area contributed by atoms with Gasteiger partial charge in [-0.3, -0.25) is 4.90 Å². The fourth-order valence-electron chi connectivity index (χ4n) is 2.81. The Bertz CT molecular complexity index is 569. The normalized spacial score (nSPS) is 15.5. The molecular formula is C19H25ClN2O. The first-order chi connectivity index (χ1) is 10.9. The second kappa shape index (κ2) is 9.56. The summed E-state index contributed by atoms with van der Waals surface area (Å²) in [7, 11) is 0. The molecule has 1 saturated heterocycles. The lowest BCUT2D eigenvalue weighted by atomic mass is 10.1. The van der Waals surface area contributed by atoms with E-state index < -0.39 is 0 Å². The van der Waals surface area contributed by atoms with Crippen LogP contribution in [0, 0.1) is 0 Å². The summed E-state index contributed by atoms with van der Waals surface area (Å²) >= 11 is 0. The first-order valence-electron chi connectivity index (χ1n) is 8.09. The first-order valence-corrected chi connectivity index (χ1v) is 8.09. The molecule has 2 aromatic carbocycles. The van der Waals surface area contributed by atoms with Crippen molar-refractivity contribution < 1.29 is 4.74 Å². The molecule has 4 heteroatoms. The van der Waals surface area contributed by atoms with E-state index in [1.807, 2.05) is 12.1 Å². The fraction of sp³-hybridized carbons (Fsp3) is 0.368.